The van der Waals surface area contributed by atoms with E-state index in [0.29, 0.717) is 31.0 Å². The van der Waals surface area contributed by atoms with Crippen LogP contribution in [0.25, 0.3) is 0 Å². The number of anilines is 1. The molecule has 0 spiro atoms. The third kappa shape index (κ3) is 4.73. The van der Waals surface area contributed by atoms with E-state index in [1.807, 2.05) is 13.8 Å². The predicted octanol–water partition coefficient (Wildman–Crippen LogP) is 1.40. The highest BCUT2D eigenvalue weighted by molar-refractivity contribution is 5.94. The zero-order valence-electron chi connectivity index (χ0n) is 10.8. The molecule has 1 amide bonds. The highest BCUT2D eigenvalue weighted by atomic mass is 16.7. The summed E-state index contributed by atoms with van der Waals surface area (Å²) in [6, 6.07) is 6.75. The van der Waals surface area contributed by atoms with Crippen LogP contribution in [0.3, 0.4) is 0 Å². The van der Waals surface area contributed by atoms with Crippen LogP contribution in [0.15, 0.2) is 24.3 Å². The summed E-state index contributed by atoms with van der Waals surface area (Å²) in [6.07, 6.45) is -0.405. The van der Waals surface area contributed by atoms with E-state index in [-0.39, 0.29) is 5.91 Å². The summed E-state index contributed by atoms with van der Waals surface area (Å²) in [4.78, 5) is 11.8. The number of amides is 1. The smallest absolute Gasteiger partial charge is 0.251 e. The van der Waals surface area contributed by atoms with Crippen molar-refractivity contribution in [2.45, 2.75) is 20.1 Å². The Morgan fingerprint density at radius 3 is 2.28 bits per heavy atom. The lowest BCUT2D eigenvalue weighted by molar-refractivity contribution is -0.131. The Bertz CT molecular complexity index is 359. The second kappa shape index (κ2) is 7.68. The fraction of sp³-hybridized carbons (Fsp3) is 0.462. The van der Waals surface area contributed by atoms with Crippen LogP contribution in [0, 0.1) is 0 Å². The van der Waals surface area contributed by atoms with Crippen LogP contribution in [0.4, 0.5) is 5.69 Å². The first-order valence-electron chi connectivity index (χ1n) is 6.04. The molecule has 0 saturated carbocycles. The molecule has 3 N–H and O–H groups in total. The highest BCUT2D eigenvalue weighted by Gasteiger charge is 2.11. The van der Waals surface area contributed by atoms with Crippen molar-refractivity contribution >= 4 is 11.6 Å². The zero-order valence-corrected chi connectivity index (χ0v) is 10.8. The van der Waals surface area contributed by atoms with Gasteiger partial charge in [-0.1, -0.05) is 0 Å². The van der Waals surface area contributed by atoms with Crippen molar-refractivity contribution in [1.29, 1.82) is 0 Å². The van der Waals surface area contributed by atoms with E-state index < -0.39 is 6.29 Å². The SMILES string of the molecule is CCOC(CNC(=O)c1ccc(N)cc1)OCC. The summed E-state index contributed by atoms with van der Waals surface area (Å²) in [5, 5.41) is 2.76. The van der Waals surface area contributed by atoms with E-state index in [4.69, 9.17) is 15.2 Å². The van der Waals surface area contributed by atoms with Crippen LogP contribution in [0.1, 0.15) is 24.2 Å². The lowest BCUT2D eigenvalue weighted by Crippen LogP contribution is -2.35. The maximum Gasteiger partial charge on any atom is 0.251 e. The highest BCUT2D eigenvalue weighted by Crippen LogP contribution is 2.05. The van der Waals surface area contributed by atoms with Crippen LogP contribution in [0.5, 0.6) is 0 Å². The molecular formula is C13H20N2O3. The van der Waals surface area contributed by atoms with E-state index in [2.05, 4.69) is 5.32 Å². The molecule has 5 heteroatoms. The van der Waals surface area contributed by atoms with Gasteiger partial charge in [0, 0.05) is 24.5 Å². The number of nitrogens with two attached hydrogens (primary N) is 1. The molecule has 1 aromatic rings. The van der Waals surface area contributed by atoms with E-state index in [1.54, 1.807) is 24.3 Å². The number of hydrogen-bond donors (Lipinski definition) is 2. The van der Waals surface area contributed by atoms with Crippen LogP contribution < -0.4 is 11.1 Å². The summed E-state index contributed by atoms with van der Waals surface area (Å²) in [5.74, 6) is -0.167. The van der Waals surface area contributed by atoms with Crippen molar-refractivity contribution in [2.24, 2.45) is 0 Å². The molecule has 0 aliphatic carbocycles. The van der Waals surface area contributed by atoms with Gasteiger partial charge >= 0.3 is 0 Å². The third-order valence-corrected chi connectivity index (χ3v) is 2.31. The van der Waals surface area contributed by atoms with Crippen LogP contribution in [-0.4, -0.2) is 32.0 Å². The Hall–Kier alpha value is -1.59. The topological polar surface area (TPSA) is 73.6 Å². The minimum atomic E-state index is -0.405. The van der Waals surface area contributed by atoms with Gasteiger partial charge in [0.25, 0.3) is 5.91 Å². The number of nitrogens with one attached hydrogen (secondary N) is 1. The molecule has 0 atom stereocenters. The monoisotopic (exact) mass is 252 g/mol. The van der Waals surface area contributed by atoms with Gasteiger partial charge in [-0.05, 0) is 38.1 Å². The average molecular weight is 252 g/mol. The van der Waals surface area contributed by atoms with Crippen molar-refractivity contribution in [1.82, 2.24) is 5.32 Å². The molecule has 0 saturated heterocycles. The van der Waals surface area contributed by atoms with Gasteiger partial charge in [0.1, 0.15) is 0 Å². The maximum atomic E-state index is 11.8. The number of rotatable bonds is 7. The Kier molecular flexibility index (Phi) is 6.18. The number of ether oxygens (including phenoxy) is 2. The van der Waals surface area contributed by atoms with E-state index in [0.717, 1.165) is 0 Å². The van der Waals surface area contributed by atoms with Crippen LogP contribution >= 0.6 is 0 Å². The third-order valence-electron chi connectivity index (χ3n) is 2.31. The molecule has 0 aliphatic heterocycles. The molecule has 5 nitrogen and oxygen atoms in total. The Morgan fingerprint density at radius 2 is 1.78 bits per heavy atom. The first kappa shape index (κ1) is 14.5. The summed E-state index contributed by atoms with van der Waals surface area (Å²) < 4.78 is 10.7. The molecule has 1 aromatic carbocycles. The molecule has 1 rings (SSSR count). The molecule has 0 bridgehead atoms. The zero-order chi connectivity index (χ0) is 13.4. The second-order valence-electron chi connectivity index (χ2n) is 3.67. The standard InChI is InChI=1S/C13H20N2O3/c1-3-17-12(18-4-2)9-15-13(16)10-5-7-11(14)8-6-10/h5-8,12H,3-4,9,14H2,1-2H3,(H,15,16). The number of benzene rings is 1. The van der Waals surface area contributed by atoms with Crippen molar-refractivity contribution < 1.29 is 14.3 Å². The molecule has 0 radical (unpaired) electrons. The first-order chi connectivity index (χ1) is 8.67. The quantitative estimate of drug-likeness (QED) is 0.568. The number of carbonyl (C=O) groups excluding carboxylic acids is 1. The Morgan fingerprint density at radius 1 is 1.22 bits per heavy atom. The van der Waals surface area contributed by atoms with Gasteiger partial charge in [0.15, 0.2) is 6.29 Å². The minimum Gasteiger partial charge on any atom is -0.399 e. The predicted molar refractivity (Wildman–Crippen MR) is 70.2 cm³/mol. The molecule has 0 heterocycles. The van der Waals surface area contributed by atoms with Crippen molar-refractivity contribution in [3.63, 3.8) is 0 Å². The Balaban J connectivity index is 2.46. The maximum absolute atomic E-state index is 11.8. The molecule has 0 aliphatic rings. The minimum absolute atomic E-state index is 0.167. The van der Waals surface area contributed by atoms with Gasteiger partial charge < -0.3 is 20.5 Å². The molecule has 100 valence electrons. The van der Waals surface area contributed by atoms with Gasteiger partial charge in [0.2, 0.25) is 0 Å². The van der Waals surface area contributed by atoms with E-state index in [9.17, 15) is 4.79 Å². The number of hydrogen-bond acceptors (Lipinski definition) is 4. The van der Waals surface area contributed by atoms with Gasteiger partial charge in [-0.2, -0.15) is 0 Å². The van der Waals surface area contributed by atoms with Crippen molar-refractivity contribution in [3.05, 3.63) is 29.8 Å². The fourth-order valence-corrected chi connectivity index (χ4v) is 1.45. The summed E-state index contributed by atoms with van der Waals surface area (Å²) in [7, 11) is 0. The lowest BCUT2D eigenvalue weighted by Gasteiger charge is -2.17. The van der Waals surface area contributed by atoms with Gasteiger partial charge in [-0.25, -0.2) is 0 Å². The Labute approximate surface area is 107 Å². The number of nitrogen functional groups attached to an aromatic ring is 1. The molecule has 0 unspecified atom stereocenters. The normalized spacial score (nSPS) is 10.6. The number of carbonyl (C=O) groups is 1. The first-order valence-corrected chi connectivity index (χ1v) is 6.04. The second-order valence-corrected chi connectivity index (χ2v) is 3.67. The average Bonchev–Trinajstić information content (AvgIpc) is 2.37. The van der Waals surface area contributed by atoms with Crippen LogP contribution in [-0.2, 0) is 9.47 Å². The van der Waals surface area contributed by atoms with Gasteiger partial charge in [-0.3, -0.25) is 4.79 Å². The van der Waals surface area contributed by atoms with Gasteiger partial charge in [-0.15, -0.1) is 0 Å². The summed E-state index contributed by atoms with van der Waals surface area (Å²) in [6.45, 7) is 5.18. The van der Waals surface area contributed by atoms with E-state index >= 15 is 0 Å². The largest absolute Gasteiger partial charge is 0.399 e. The molecule has 0 fully saturated rings. The lowest BCUT2D eigenvalue weighted by atomic mass is 10.2. The van der Waals surface area contributed by atoms with Gasteiger partial charge in [0.05, 0.1) is 6.54 Å². The molecule has 18 heavy (non-hydrogen) atoms. The molecular weight excluding hydrogens is 232 g/mol. The summed E-state index contributed by atoms with van der Waals surface area (Å²) >= 11 is 0. The summed E-state index contributed by atoms with van der Waals surface area (Å²) in [5.41, 5.74) is 6.75. The fourth-order valence-electron chi connectivity index (χ4n) is 1.45. The van der Waals surface area contributed by atoms with Crippen LogP contribution in [0.2, 0.25) is 0 Å². The van der Waals surface area contributed by atoms with Crippen molar-refractivity contribution in [2.75, 3.05) is 25.5 Å². The van der Waals surface area contributed by atoms with E-state index in [1.165, 1.54) is 0 Å². The molecule has 0 aromatic heterocycles. The van der Waals surface area contributed by atoms with Crippen molar-refractivity contribution in [3.8, 4) is 0 Å².